The molecule has 116 valence electrons. The number of nitrogens with zero attached hydrogens (tertiary/aromatic N) is 2. The van der Waals surface area contributed by atoms with E-state index in [4.69, 9.17) is 4.98 Å². The Bertz CT molecular complexity index is 468. The second kappa shape index (κ2) is 6.78. The maximum absolute atomic E-state index is 4.92. The van der Waals surface area contributed by atoms with Crippen LogP contribution in [0.5, 0.6) is 0 Å². The maximum atomic E-state index is 4.92. The van der Waals surface area contributed by atoms with Crippen molar-refractivity contribution in [2.45, 2.75) is 65.0 Å². The summed E-state index contributed by atoms with van der Waals surface area (Å²) in [6.07, 6.45) is 7.63. The van der Waals surface area contributed by atoms with Crippen molar-refractivity contribution in [3.8, 4) is 0 Å². The van der Waals surface area contributed by atoms with Crippen molar-refractivity contribution in [1.29, 1.82) is 0 Å². The Balaban J connectivity index is 1.75. The summed E-state index contributed by atoms with van der Waals surface area (Å²) in [5, 5.41) is 3.63. The minimum atomic E-state index is 0.770. The van der Waals surface area contributed by atoms with E-state index in [0.29, 0.717) is 0 Å². The molecule has 1 N–H and O–H groups in total. The lowest BCUT2D eigenvalue weighted by molar-refractivity contribution is 0.444. The van der Waals surface area contributed by atoms with Crippen LogP contribution in [0.15, 0.2) is 12.1 Å². The molecular formula is C18H29N3. The lowest BCUT2D eigenvalue weighted by atomic mass is 10.00. The van der Waals surface area contributed by atoms with E-state index in [1.165, 1.54) is 55.7 Å². The third-order valence-electron chi connectivity index (χ3n) is 4.58. The van der Waals surface area contributed by atoms with Crippen molar-refractivity contribution < 1.29 is 0 Å². The summed E-state index contributed by atoms with van der Waals surface area (Å²) in [5.41, 5.74) is 2.68. The average molecular weight is 287 g/mol. The first-order valence-electron chi connectivity index (χ1n) is 8.72. The number of nitrogens with one attached hydrogen (secondary N) is 1. The smallest absolute Gasteiger partial charge is 0.129 e. The van der Waals surface area contributed by atoms with Crippen LogP contribution in [0.25, 0.3) is 0 Å². The predicted octanol–water partition coefficient (Wildman–Crippen LogP) is 3.52. The Kier molecular flexibility index (Phi) is 4.79. The third kappa shape index (κ3) is 4.19. The number of aromatic nitrogens is 1. The molecule has 1 saturated heterocycles. The lowest BCUT2D eigenvalue weighted by Gasteiger charge is -2.32. The fraction of sp³-hybridized carbons (Fsp3) is 0.722. The Morgan fingerprint density at radius 1 is 1.29 bits per heavy atom. The van der Waals surface area contributed by atoms with Gasteiger partial charge in [0.05, 0.1) is 0 Å². The van der Waals surface area contributed by atoms with Crippen LogP contribution in [0.1, 0.15) is 57.2 Å². The van der Waals surface area contributed by atoms with E-state index in [-0.39, 0.29) is 0 Å². The van der Waals surface area contributed by atoms with Crippen LogP contribution in [0.3, 0.4) is 0 Å². The number of rotatable bonds is 6. The summed E-state index contributed by atoms with van der Waals surface area (Å²) in [6.45, 7) is 7.93. The van der Waals surface area contributed by atoms with Crippen molar-refractivity contribution in [2.75, 3.05) is 18.0 Å². The standard InChI is InChI=1S/C18H29N3/c1-3-5-17-10-15(12-19-16-7-8-16)11-18(20-17)21-9-4-6-14(2)13-21/h10-11,14,16,19H,3-9,12-13H2,1-2H3. The maximum Gasteiger partial charge on any atom is 0.129 e. The molecule has 2 heterocycles. The summed E-state index contributed by atoms with van der Waals surface area (Å²) in [4.78, 5) is 7.42. The lowest BCUT2D eigenvalue weighted by Crippen LogP contribution is -2.35. The zero-order chi connectivity index (χ0) is 14.7. The largest absolute Gasteiger partial charge is 0.356 e. The van der Waals surface area contributed by atoms with Crippen molar-refractivity contribution in [1.82, 2.24) is 10.3 Å². The molecule has 1 saturated carbocycles. The fourth-order valence-electron chi connectivity index (χ4n) is 3.23. The highest BCUT2D eigenvalue weighted by Crippen LogP contribution is 2.24. The molecule has 0 bridgehead atoms. The summed E-state index contributed by atoms with van der Waals surface area (Å²) >= 11 is 0. The fourth-order valence-corrected chi connectivity index (χ4v) is 3.23. The highest BCUT2D eigenvalue weighted by atomic mass is 15.2. The van der Waals surface area contributed by atoms with E-state index >= 15 is 0 Å². The molecule has 1 aliphatic carbocycles. The molecule has 3 heteroatoms. The van der Waals surface area contributed by atoms with E-state index in [2.05, 4.69) is 36.2 Å². The second-order valence-electron chi connectivity index (χ2n) is 6.92. The number of anilines is 1. The number of piperidine rings is 1. The van der Waals surface area contributed by atoms with Crippen molar-refractivity contribution >= 4 is 5.82 Å². The first-order chi connectivity index (χ1) is 10.2. The molecule has 1 unspecified atom stereocenters. The minimum Gasteiger partial charge on any atom is -0.356 e. The first kappa shape index (κ1) is 14.8. The molecule has 1 atom stereocenters. The van der Waals surface area contributed by atoms with E-state index in [9.17, 15) is 0 Å². The van der Waals surface area contributed by atoms with Gasteiger partial charge in [-0.1, -0.05) is 20.3 Å². The van der Waals surface area contributed by atoms with Crippen LogP contribution >= 0.6 is 0 Å². The van der Waals surface area contributed by atoms with Gasteiger partial charge in [0, 0.05) is 31.4 Å². The number of aryl methyl sites for hydroxylation is 1. The highest BCUT2D eigenvalue weighted by Gasteiger charge is 2.21. The SMILES string of the molecule is CCCc1cc(CNC2CC2)cc(N2CCCC(C)C2)n1. The molecule has 2 aliphatic rings. The Morgan fingerprint density at radius 3 is 2.86 bits per heavy atom. The van der Waals surface area contributed by atoms with E-state index in [1.54, 1.807) is 0 Å². The summed E-state index contributed by atoms with van der Waals surface area (Å²) in [6, 6.07) is 5.38. The highest BCUT2D eigenvalue weighted by molar-refractivity contribution is 5.43. The minimum absolute atomic E-state index is 0.770. The van der Waals surface area contributed by atoms with Crippen LogP contribution in [-0.2, 0) is 13.0 Å². The predicted molar refractivity (Wildman–Crippen MR) is 88.7 cm³/mol. The molecule has 21 heavy (non-hydrogen) atoms. The van der Waals surface area contributed by atoms with Crippen molar-refractivity contribution in [3.05, 3.63) is 23.4 Å². The number of hydrogen-bond donors (Lipinski definition) is 1. The molecule has 1 aromatic rings. The van der Waals surface area contributed by atoms with Gasteiger partial charge in [-0.15, -0.1) is 0 Å². The molecular weight excluding hydrogens is 258 g/mol. The van der Waals surface area contributed by atoms with Crippen LogP contribution in [0, 0.1) is 5.92 Å². The van der Waals surface area contributed by atoms with Gasteiger partial charge in [0.1, 0.15) is 5.82 Å². The van der Waals surface area contributed by atoms with Gasteiger partial charge in [-0.3, -0.25) is 0 Å². The third-order valence-corrected chi connectivity index (χ3v) is 4.58. The zero-order valence-electron chi connectivity index (χ0n) is 13.6. The van der Waals surface area contributed by atoms with Crippen LogP contribution in [0.2, 0.25) is 0 Å². The quantitative estimate of drug-likeness (QED) is 0.867. The van der Waals surface area contributed by atoms with Gasteiger partial charge in [-0.25, -0.2) is 4.98 Å². The molecule has 1 aromatic heterocycles. The van der Waals surface area contributed by atoms with Gasteiger partial charge in [-0.2, -0.15) is 0 Å². The van der Waals surface area contributed by atoms with E-state index in [0.717, 1.165) is 31.5 Å². The summed E-state index contributed by atoms with van der Waals surface area (Å²) in [7, 11) is 0. The summed E-state index contributed by atoms with van der Waals surface area (Å²) < 4.78 is 0. The van der Waals surface area contributed by atoms with Gasteiger partial charge >= 0.3 is 0 Å². The van der Waals surface area contributed by atoms with E-state index < -0.39 is 0 Å². The summed E-state index contributed by atoms with van der Waals surface area (Å²) in [5.74, 6) is 2.00. The molecule has 3 nitrogen and oxygen atoms in total. The molecule has 0 radical (unpaired) electrons. The van der Waals surface area contributed by atoms with Gasteiger partial charge in [0.25, 0.3) is 0 Å². The number of pyridine rings is 1. The van der Waals surface area contributed by atoms with Crippen molar-refractivity contribution in [2.24, 2.45) is 5.92 Å². The Hall–Kier alpha value is -1.09. The molecule has 2 fully saturated rings. The average Bonchev–Trinajstić information content (AvgIpc) is 3.29. The first-order valence-corrected chi connectivity index (χ1v) is 8.72. The van der Waals surface area contributed by atoms with E-state index in [1.807, 2.05) is 0 Å². The Morgan fingerprint density at radius 2 is 2.14 bits per heavy atom. The zero-order valence-corrected chi connectivity index (χ0v) is 13.6. The topological polar surface area (TPSA) is 28.2 Å². The van der Waals surface area contributed by atoms with Crippen LogP contribution in [0.4, 0.5) is 5.82 Å². The molecule has 3 rings (SSSR count). The molecule has 0 amide bonds. The van der Waals surface area contributed by atoms with Gasteiger partial charge in [0.15, 0.2) is 0 Å². The Labute approximate surface area is 129 Å². The second-order valence-corrected chi connectivity index (χ2v) is 6.92. The van der Waals surface area contributed by atoms with Crippen LogP contribution < -0.4 is 10.2 Å². The molecule has 1 aliphatic heterocycles. The van der Waals surface area contributed by atoms with Crippen LogP contribution in [-0.4, -0.2) is 24.1 Å². The van der Waals surface area contributed by atoms with Crippen molar-refractivity contribution in [3.63, 3.8) is 0 Å². The molecule has 0 spiro atoms. The monoisotopic (exact) mass is 287 g/mol. The molecule has 0 aromatic carbocycles. The van der Waals surface area contributed by atoms with Gasteiger partial charge in [-0.05, 0) is 55.7 Å². The number of hydrogen-bond acceptors (Lipinski definition) is 3. The normalized spacial score (nSPS) is 22.6. The van der Waals surface area contributed by atoms with Gasteiger partial charge < -0.3 is 10.2 Å². The van der Waals surface area contributed by atoms with Gasteiger partial charge in [0.2, 0.25) is 0 Å².